The first-order valence-corrected chi connectivity index (χ1v) is 6.33. The van der Waals surface area contributed by atoms with E-state index < -0.39 is 18.9 Å². The molecule has 2 nitrogen and oxygen atoms in total. The number of alkyl halides is 3. The van der Waals surface area contributed by atoms with Crippen LogP contribution in [0.4, 0.5) is 8.78 Å². The van der Waals surface area contributed by atoms with Gasteiger partial charge in [-0.3, -0.25) is 4.79 Å². The molecule has 0 aromatic heterocycles. The lowest BCUT2D eigenvalue weighted by Gasteiger charge is -2.21. The molecule has 0 spiro atoms. The highest BCUT2D eigenvalue weighted by molar-refractivity contribution is 6.35. The summed E-state index contributed by atoms with van der Waals surface area (Å²) in [5.41, 5.74) is 0.0925. The van der Waals surface area contributed by atoms with Gasteiger partial charge >= 0.3 is 0 Å². The third-order valence-corrected chi connectivity index (χ3v) is 2.89. The average molecular weight is 317 g/mol. The van der Waals surface area contributed by atoms with Crippen molar-refractivity contribution < 1.29 is 13.6 Å². The van der Waals surface area contributed by atoms with Crippen molar-refractivity contribution in [1.29, 1.82) is 0 Å². The van der Waals surface area contributed by atoms with Crippen LogP contribution in [0.2, 0.25) is 10.0 Å². The van der Waals surface area contributed by atoms with Crippen LogP contribution in [0.5, 0.6) is 0 Å². The van der Waals surface area contributed by atoms with E-state index in [1.165, 1.54) is 18.2 Å². The number of rotatable bonds is 5. The van der Waals surface area contributed by atoms with Gasteiger partial charge in [0.2, 0.25) is 0 Å². The number of benzene rings is 1. The van der Waals surface area contributed by atoms with Crippen molar-refractivity contribution >= 4 is 40.7 Å². The van der Waals surface area contributed by atoms with Crippen LogP contribution in [0.25, 0.3) is 0 Å². The molecule has 0 radical (unpaired) electrons. The first kappa shape index (κ1) is 15.5. The van der Waals surface area contributed by atoms with Crippen molar-refractivity contribution in [2.45, 2.75) is 6.43 Å². The van der Waals surface area contributed by atoms with E-state index >= 15 is 0 Å². The molecule has 0 saturated heterocycles. The molecule has 0 aliphatic rings. The van der Waals surface area contributed by atoms with Crippen molar-refractivity contribution in [3.63, 3.8) is 0 Å². The van der Waals surface area contributed by atoms with E-state index in [9.17, 15) is 13.6 Å². The zero-order valence-corrected chi connectivity index (χ0v) is 11.4. The van der Waals surface area contributed by atoms with Crippen LogP contribution in [0, 0.1) is 0 Å². The summed E-state index contributed by atoms with van der Waals surface area (Å²) < 4.78 is 24.7. The minimum absolute atomic E-state index is 0.0214. The van der Waals surface area contributed by atoms with E-state index in [4.69, 9.17) is 34.8 Å². The Hall–Kier alpha value is -0.580. The molecule has 100 valence electrons. The first-order valence-electron chi connectivity index (χ1n) is 5.04. The van der Waals surface area contributed by atoms with Crippen LogP contribution < -0.4 is 0 Å². The predicted molar refractivity (Wildman–Crippen MR) is 69.1 cm³/mol. The molecule has 1 aromatic carbocycles. The van der Waals surface area contributed by atoms with Crippen molar-refractivity contribution in [3.8, 4) is 0 Å². The van der Waals surface area contributed by atoms with E-state index in [-0.39, 0.29) is 23.0 Å². The summed E-state index contributed by atoms with van der Waals surface area (Å²) in [7, 11) is 0. The summed E-state index contributed by atoms with van der Waals surface area (Å²) in [5.74, 6) is -0.542. The Kier molecular flexibility index (Phi) is 6.12. The van der Waals surface area contributed by atoms with Gasteiger partial charge in [0.25, 0.3) is 12.3 Å². The van der Waals surface area contributed by atoms with Gasteiger partial charge < -0.3 is 4.90 Å². The maximum Gasteiger partial charge on any atom is 0.255 e. The molecule has 1 amide bonds. The van der Waals surface area contributed by atoms with Crippen LogP contribution in [-0.4, -0.2) is 36.2 Å². The molecule has 0 atom stereocenters. The largest absolute Gasteiger partial charge is 0.332 e. The smallest absolute Gasteiger partial charge is 0.255 e. The minimum atomic E-state index is -2.63. The SMILES string of the molecule is O=C(c1cc(Cl)ccc1Cl)N(CCCl)CC(F)F. The van der Waals surface area contributed by atoms with Crippen molar-refractivity contribution in [2.24, 2.45) is 0 Å². The van der Waals surface area contributed by atoms with Gasteiger partial charge in [0, 0.05) is 17.4 Å². The van der Waals surface area contributed by atoms with Crippen LogP contribution in [0.15, 0.2) is 18.2 Å². The number of carbonyl (C=O) groups excluding carboxylic acids is 1. The second kappa shape index (κ2) is 7.12. The standard InChI is InChI=1S/C11H10Cl3F2NO/c12-3-4-17(6-10(15)16)11(18)8-5-7(13)1-2-9(8)14/h1-2,5,10H,3-4,6H2. The summed E-state index contributed by atoms with van der Waals surface area (Å²) in [6.45, 7) is -0.665. The van der Waals surface area contributed by atoms with Gasteiger partial charge in [0.05, 0.1) is 17.1 Å². The van der Waals surface area contributed by atoms with Gasteiger partial charge in [0.1, 0.15) is 0 Å². The number of hydrogen-bond donors (Lipinski definition) is 0. The third-order valence-electron chi connectivity index (χ3n) is 2.16. The molecule has 0 N–H and O–H groups in total. The van der Waals surface area contributed by atoms with Crippen molar-refractivity contribution in [3.05, 3.63) is 33.8 Å². The molecule has 0 fully saturated rings. The average Bonchev–Trinajstić information content (AvgIpc) is 2.30. The monoisotopic (exact) mass is 315 g/mol. The van der Waals surface area contributed by atoms with Gasteiger partial charge in [-0.05, 0) is 18.2 Å². The van der Waals surface area contributed by atoms with E-state index in [0.717, 1.165) is 4.90 Å². The van der Waals surface area contributed by atoms with Gasteiger partial charge in [-0.15, -0.1) is 11.6 Å². The molecule has 0 bridgehead atoms. The van der Waals surface area contributed by atoms with Crippen LogP contribution in [-0.2, 0) is 0 Å². The van der Waals surface area contributed by atoms with Gasteiger partial charge in [-0.2, -0.15) is 0 Å². The highest BCUT2D eigenvalue weighted by Crippen LogP contribution is 2.22. The maximum absolute atomic E-state index is 12.4. The lowest BCUT2D eigenvalue weighted by atomic mass is 10.2. The van der Waals surface area contributed by atoms with E-state index in [0.29, 0.717) is 5.02 Å². The lowest BCUT2D eigenvalue weighted by Crippen LogP contribution is -2.36. The van der Waals surface area contributed by atoms with Gasteiger partial charge in [0.15, 0.2) is 0 Å². The number of halogens is 5. The summed E-state index contributed by atoms with van der Waals surface area (Å²) in [4.78, 5) is 13.0. The molecule has 0 aliphatic carbocycles. The Morgan fingerprint density at radius 3 is 2.56 bits per heavy atom. The van der Waals surface area contributed by atoms with Gasteiger partial charge in [-0.1, -0.05) is 23.2 Å². The predicted octanol–water partition coefficient (Wildman–Crippen LogP) is 3.94. The minimum Gasteiger partial charge on any atom is -0.332 e. The van der Waals surface area contributed by atoms with E-state index in [2.05, 4.69) is 0 Å². The molecular weight excluding hydrogens is 306 g/mol. The highest BCUT2D eigenvalue weighted by atomic mass is 35.5. The number of carbonyl (C=O) groups is 1. The summed E-state index contributed by atoms with van der Waals surface area (Å²) in [6.07, 6.45) is -2.63. The summed E-state index contributed by atoms with van der Waals surface area (Å²) >= 11 is 17.1. The fourth-order valence-electron chi connectivity index (χ4n) is 1.38. The molecule has 7 heteroatoms. The molecule has 18 heavy (non-hydrogen) atoms. The molecule has 1 aromatic rings. The zero-order valence-electron chi connectivity index (χ0n) is 9.18. The Morgan fingerprint density at radius 2 is 2.00 bits per heavy atom. The molecule has 0 heterocycles. The highest BCUT2D eigenvalue weighted by Gasteiger charge is 2.21. The Labute approximate surface area is 118 Å². The fourth-order valence-corrected chi connectivity index (χ4v) is 1.95. The molecule has 0 saturated carbocycles. The zero-order chi connectivity index (χ0) is 13.7. The summed E-state index contributed by atoms with van der Waals surface area (Å²) in [5, 5.41) is 0.476. The van der Waals surface area contributed by atoms with Crippen LogP contribution >= 0.6 is 34.8 Å². The lowest BCUT2D eigenvalue weighted by molar-refractivity contribution is 0.0571. The third kappa shape index (κ3) is 4.26. The first-order chi connectivity index (χ1) is 8.45. The quantitative estimate of drug-likeness (QED) is 0.754. The molecule has 1 rings (SSSR count). The number of nitrogens with zero attached hydrogens (tertiary/aromatic N) is 1. The summed E-state index contributed by atoms with van der Waals surface area (Å²) in [6, 6.07) is 4.30. The molecule has 0 unspecified atom stereocenters. The number of hydrogen-bond acceptors (Lipinski definition) is 1. The molecule has 0 aliphatic heterocycles. The van der Waals surface area contributed by atoms with Crippen LogP contribution in [0.3, 0.4) is 0 Å². The fraction of sp³-hybridized carbons (Fsp3) is 0.364. The van der Waals surface area contributed by atoms with Gasteiger partial charge in [-0.25, -0.2) is 8.78 Å². The second-order valence-corrected chi connectivity index (χ2v) is 4.68. The Balaban J connectivity index is 2.97. The molecular formula is C11H10Cl3F2NO. The topological polar surface area (TPSA) is 20.3 Å². The maximum atomic E-state index is 12.4. The second-order valence-electron chi connectivity index (χ2n) is 3.46. The normalized spacial score (nSPS) is 10.8. The number of amides is 1. The van der Waals surface area contributed by atoms with Crippen molar-refractivity contribution in [1.82, 2.24) is 4.90 Å². The Morgan fingerprint density at radius 1 is 1.33 bits per heavy atom. The Bertz CT molecular complexity index is 429. The van der Waals surface area contributed by atoms with E-state index in [1.807, 2.05) is 0 Å². The van der Waals surface area contributed by atoms with E-state index in [1.54, 1.807) is 0 Å². The van der Waals surface area contributed by atoms with Crippen molar-refractivity contribution in [2.75, 3.05) is 19.0 Å². The van der Waals surface area contributed by atoms with Crippen LogP contribution in [0.1, 0.15) is 10.4 Å².